The molecule has 12 nitrogen and oxygen atoms in total. The molecule has 0 N–H and O–H groups in total. The molecule has 13 heteroatoms. The molecule has 1 fully saturated rings. The van der Waals surface area contributed by atoms with Crippen LogP contribution in [-0.2, 0) is 14.3 Å². The Kier molecular flexibility index (Phi) is 8.41. The van der Waals surface area contributed by atoms with Gasteiger partial charge in [-0.15, -0.1) is 0 Å². The number of hydrogen-bond donors (Lipinski definition) is 0. The first-order chi connectivity index (χ1) is 20.3. The highest BCUT2D eigenvalue weighted by Crippen LogP contribution is 2.38. The maximum atomic E-state index is 14.2. The van der Waals surface area contributed by atoms with Gasteiger partial charge in [0.05, 0.1) is 54.8 Å². The fraction of sp³-hybridized carbons (Fsp3) is 0.345. The normalized spacial score (nSPS) is 17.0. The number of thiazole rings is 1. The molecule has 2 aromatic carbocycles. The van der Waals surface area contributed by atoms with Crippen molar-refractivity contribution in [1.82, 2.24) is 4.57 Å². The maximum Gasteiger partial charge on any atom is 0.338 e. The lowest BCUT2D eigenvalue weighted by atomic mass is 9.94. The van der Waals surface area contributed by atoms with E-state index >= 15 is 0 Å². The molecular weight excluding hydrogens is 564 g/mol. The summed E-state index contributed by atoms with van der Waals surface area (Å²) in [6.45, 7) is 5.80. The summed E-state index contributed by atoms with van der Waals surface area (Å²) in [5, 5.41) is 11.6. The minimum absolute atomic E-state index is 0.0922. The Hall–Kier alpha value is -4.49. The molecule has 1 atom stereocenters. The molecule has 1 saturated heterocycles. The van der Waals surface area contributed by atoms with E-state index in [9.17, 15) is 19.7 Å². The van der Waals surface area contributed by atoms with E-state index in [4.69, 9.17) is 18.9 Å². The van der Waals surface area contributed by atoms with Gasteiger partial charge in [-0.05, 0) is 44.2 Å². The van der Waals surface area contributed by atoms with E-state index in [0.29, 0.717) is 64.0 Å². The van der Waals surface area contributed by atoms with Gasteiger partial charge >= 0.3 is 5.97 Å². The predicted octanol–water partition coefficient (Wildman–Crippen LogP) is 2.56. The number of nitro benzene ring substituents is 1. The number of esters is 1. The average molecular weight is 595 g/mol. The molecule has 0 spiro atoms. The molecule has 0 bridgehead atoms. The number of aromatic nitrogens is 1. The number of nitro groups is 1. The molecule has 2 aliphatic heterocycles. The van der Waals surface area contributed by atoms with Gasteiger partial charge in [0.25, 0.3) is 11.2 Å². The Morgan fingerprint density at radius 2 is 1.95 bits per heavy atom. The number of carbonyl (C=O) groups is 1. The summed E-state index contributed by atoms with van der Waals surface area (Å²) in [6, 6.07) is 8.84. The van der Waals surface area contributed by atoms with Crippen LogP contribution in [0.15, 0.2) is 57.5 Å². The van der Waals surface area contributed by atoms with Crippen LogP contribution in [0, 0.1) is 10.1 Å². The maximum absolute atomic E-state index is 14.2. The number of allylic oxidation sites excluding steroid dienone is 1. The van der Waals surface area contributed by atoms with Gasteiger partial charge in [0.15, 0.2) is 4.80 Å². The monoisotopic (exact) mass is 594 g/mol. The fourth-order valence-corrected chi connectivity index (χ4v) is 6.18. The zero-order valence-corrected chi connectivity index (χ0v) is 24.4. The minimum Gasteiger partial charge on any atom is -0.497 e. The highest BCUT2D eigenvalue weighted by atomic mass is 32.1. The second-order valence-corrected chi connectivity index (χ2v) is 10.5. The number of non-ortho nitro benzene ring substituents is 1. The largest absolute Gasteiger partial charge is 0.497 e. The number of carbonyl (C=O) groups excluding carboxylic acids is 1. The average Bonchev–Trinajstić information content (AvgIpc) is 3.30. The third kappa shape index (κ3) is 5.40. The van der Waals surface area contributed by atoms with Gasteiger partial charge in [-0.3, -0.25) is 19.5 Å². The molecule has 0 amide bonds. The summed E-state index contributed by atoms with van der Waals surface area (Å²) in [6.07, 6.45) is 1.64. The van der Waals surface area contributed by atoms with Gasteiger partial charge in [0.1, 0.15) is 17.5 Å². The quantitative estimate of drug-likeness (QED) is 0.219. The molecular formula is C29H30N4O8S. The number of benzene rings is 2. The van der Waals surface area contributed by atoms with E-state index < -0.39 is 22.5 Å². The van der Waals surface area contributed by atoms with Gasteiger partial charge in [0, 0.05) is 42.0 Å². The van der Waals surface area contributed by atoms with Gasteiger partial charge in [-0.25, -0.2) is 9.79 Å². The lowest BCUT2D eigenvalue weighted by molar-refractivity contribution is -0.384. The van der Waals surface area contributed by atoms with Crippen molar-refractivity contribution in [2.75, 3.05) is 52.0 Å². The van der Waals surface area contributed by atoms with Gasteiger partial charge < -0.3 is 23.8 Å². The first kappa shape index (κ1) is 29.0. The fourth-order valence-electron chi connectivity index (χ4n) is 5.14. The van der Waals surface area contributed by atoms with Crippen molar-refractivity contribution in [3.63, 3.8) is 0 Å². The Balaban J connectivity index is 1.76. The predicted molar refractivity (Wildman–Crippen MR) is 156 cm³/mol. The number of methoxy groups -OCH3 is 2. The molecule has 42 heavy (non-hydrogen) atoms. The van der Waals surface area contributed by atoms with Crippen LogP contribution in [0.3, 0.4) is 0 Å². The van der Waals surface area contributed by atoms with Crippen LogP contribution in [-0.4, -0.2) is 62.6 Å². The van der Waals surface area contributed by atoms with E-state index in [2.05, 4.69) is 9.89 Å². The highest BCUT2D eigenvalue weighted by molar-refractivity contribution is 7.07. The number of anilines is 1. The number of nitrogens with zero attached hydrogens (tertiary/aromatic N) is 4. The minimum atomic E-state index is -0.920. The van der Waals surface area contributed by atoms with Crippen molar-refractivity contribution in [3.05, 3.63) is 88.6 Å². The van der Waals surface area contributed by atoms with E-state index in [-0.39, 0.29) is 17.9 Å². The van der Waals surface area contributed by atoms with Crippen molar-refractivity contribution >= 4 is 34.8 Å². The number of fused-ring (bicyclic) bond motifs is 1. The third-order valence-corrected chi connectivity index (χ3v) is 8.09. The van der Waals surface area contributed by atoms with Crippen LogP contribution in [0.25, 0.3) is 6.08 Å². The van der Waals surface area contributed by atoms with Crippen molar-refractivity contribution in [1.29, 1.82) is 0 Å². The molecule has 0 radical (unpaired) electrons. The molecule has 2 aliphatic rings. The molecule has 3 heterocycles. The third-order valence-electron chi connectivity index (χ3n) is 7.11. The Morgan fingerprint density at radius 3 is 2.62 bits per heavy atom. The molecule has 0 aliphatic carbocycles. The molecule has 1 aromatic heterocycles. The van der Waals surface area contributed by atoms with Crippen molar-refractivity contribution in [2.45, 2.75) is 19.9 Å². The summed E-state index contributed by atoms with van der Waals surface area (Å²) < 4.78 is 23.7. The molecule has 5 rings (SSSR count). The lowest BCUT2D eigenvalue weighted by Crippen LogP contribution is -2.40. The van der Waals surface area contributed by atoms with E-state index in [1.54, 1.807) is 44.2 Å². The van der Waals surface area contributed by atoms with Crippen LogP contribution in [0.5, 0.6) is 11.5 Å². The number of morpholine rings is 1. The van der Waals surface area contributed by atoms with Crippen molar-refractivity contribution in [3.8, 4) is 11.5 Å². The number of hydrogen-bond acceptors (Lipinski definition) is 11. The zero-order chi connectivity index (χ0) is 30.0. The summed E-state index contributed by atoms with van der Waals surface area (Å²) >= 11 is 1.14. The van der Waals surface area contributed by atoms with Gasteiger partial charge in [-0.1, -0.05) is 11.3 Å². The van der Waals surface area contributed by atoms with Crippen LogP contribution in [0.4, 0.5) is 11.4 Å². The SMILES string of the molecule is CCOC(=O)C1=C(C)N=c2s/c(=C/c3cc([N+](=O)[O-])ccc3N3CCOCC3)c(=O)n2[C@H]1c1cc(OC)ccc1OC. The van der Waals surface area contributed by atoms with Crippen LogP contribution >= 0.6 is 11.3 Å². The van der Waals surface area contributed by atoms with Crippen molar-refractivity contribution in [2.24, 2.45) is 4.99 Å². The van der Waals surface area contributed by atoms with Gasteiger partial charge in [-0.2, -0.15) is 0 Å². The molecule has 3 aromatic rings. The Labute approximate surface area is 244 Å². The second kappa shape index (κ2) is 12.2. The van der Waals surface area contributed by atoms with E-state index in [1.165, 1.54) is 30.9 Å². The standard InChI is InChI=1S/C29H30N4O8S/c1-5-41-28(35)25-17(2)30-29-32(26(25)21-16-20(38-3)7-9-23(21)39-4)27(34)24(42-29)15-18-14-19(33(36)37)6-8-22(18)31-10-12-40-13-11-31/h6-9,14-16,26H,5,10-13H2,1-4H3/b24-15+/t26-/m0/s1. The highest BCUT2D eigenvalue weighted by Gasteiger charge is 2.35. The molecule has 0 saturated carbocycles. The Bertz CT molecular complexity index is 1750. The summed E-state index contributed by atoms with van der Waals surface area (Å²) in [7, 11) is 3.03. The van der Waals surface area contributed by atoms with Crippen LogP contribution in [0.2, 0.25) is 0 Å². The van der Waals surface area contributed by atoms with E-state index in [1.807, 2.05) is 0 Å². The van der Waals surface area contributed by atoms with Crippen LogP contribution in [0.1, 0.15) is 31.0 Å². The molecule has 0 unspecified atom stereocenters. The van der Waals surface area contributed by atoms with Crippen molar-refractivity contribution < 1.29 is 28.7 Å². The zero-order valence-electron chi connectivity index (χ0n) is 23.6. The lowest BCUT2D eigenvalue weighted by Gasteiger charge is -2.30. The summed E-state index contributed by atoms with van der Waals surface area (Å²) in [4.78, 5) is 45.7. The second-order valence-electron chi connectivity index (χ2n) is 9.51. The number of rotatable bonds is 8. The van der Waals surface area contributed by atoms with Gasteiger partial charge in [0.2, 0.25) is 0 Å². The molecule has 220 valence electrons. The summed E-state index contributed by atoms with van der Waals surface area (Å²) in [5.41, 5.74) is 1.89. The summed E-state index contributed by atoms with van der Waals surface area (Å²) in [5.74, 6) is 0.355. The number of ether oxygens (including phenoxy) is 4. The van der Waals surface area contributed by atoms with Crippen LogP contribution < -0.4 is 29.3 Å². The van der Waals surface area contributed by atoms with E-state index in [0.717, 1.165) is 17.0 Å². The first-order valence-electron chi connectivity index (χ1n) is 13.3. The topological polar surface area (TPSA) is 135 Å². The first-order valence-corrected chi connectivity index (χ1v) is 14.1. The Morgan fingerprint density at radius 1 is 1.19 bits per heavy atom. The smallest absolute Gasteiger partial charge is 0.338 e.